The highest BCUT2D eigenvalue weighted by atomic mass is 16.3. The van der Waals surface area contributed by atoms with Crippen LogP contribution in [0.4, 0.5) is 0 Å². The molecule has 82 valence electrons. The molecule has 0 spiro atoms. The Hall–Kier alpha value is -0.370. The fourth-order valence-corrected chi connectivity index (χ4v) is 2.19. The van der Waals surface area contributed by atoms with Gasteiger partial charge in [0.2, 0.25) is 0 Å². The van der Waals surface area contributed by atoms with E-state index in [0.717, 1.165) is 0 Å². The maximum Gasteiger partial charge on any atom is 0.170 e. The average molecular weight is 198 g/mol. The van der Waals surface area contributed by atoms with Crippen molar-refractivity contribution in [2.45, 2.75) is 53.6 Å². The number of carbonyl (C=O) groups is 1. The summed E-state index contributed by atoms with van der Waals surface area (Å²) in [7, 11) is 0. The standard InChI is InChI=1S/C12H22O2/c1-8-7-12(14,10(2,3)4)9(13)11(8,5)6/h8,14H,7H2,1-6H3/t8-,12-/m1/s1. The van der Waals surface area contributed by atoms with Crippen LogP contribution >= 0.6 is 0 Å². The van der Waals surface area contributed by atoms with E-state index in [1.807, 2.05) is 41.5 Å². The zero-order chi connectivity index (χ0) is 11.4. The van der Waals surface area contributed by atoms with Gasteiger partial charge in [0.25, 0.3) is 0 Å². The summed E-state index contributed by atoms with van der Waals surface area (Å²) in [6.07, 6.45) is 0.586. The molecule has 1 aliphatic carbocycles. The predicted octanol–water partition coefficient (Wildman–Crippen LogP) is 2.40. The lowest BCUT2D eigenvalue weighted by atomic mass is 9.72. The van der Waals surface area contributed by atoms with E-state index in [9.17, 15) is 9.90 Å². The summed E-state index contributed by atoms with van der Waals surface area (Å²) in [6.45, 7) is 11.7. The smallest absolute Gasteiger partial charge is 0.170 e. The molecule has 0 amide bonds. The molecule has 0 aliphatic heterocycles. The Labute approximate surface area is 86.7 Å². The van der Waals surface area contributed by atoms with Gasteiger partial charge in [-0.1, -0.05) is 41.5 Å². The van der Waals surface area contributed by atoms with Crippen LogP contribution in [0, 0.1) is 16.7 Å². The third-order valence-electron chi connectivity index (χ3n) is 4.04. The Morgan fingerprint density at radius 3 is 1.93 bits per heavy atom. The molecule has 2 nitrogen and oxygen atoms in total. The Bertz CT molecular complexity index is 260. The van der Waals surface area contributed by atoms with E-state index >= 15 is 0 Å². The SMILES string of the molecule is C[C@@H]1C[C@](O)(C(C)(C)C)C(=O)C1(C)C. The number of rotatable bonds is 0. The summed E-state index contributed by atoms with van der Waals surface area (Å²) < 4.78 is 0. The molecule has 1 aliphatic rings. The monoisotopic (exact) mass is 198 g/mol. The van der Waals surface area contributed by atoms with Crippen LogP contribution in [-0.2, 0) is 4.79 Å². The van der Waals surface area contributed by atoms with E-state index in [2.05, 4.69) is 0 Å². The van der Waals surface area contributed by atoms with Crippen molar-refractivity contribution in [2.75, 3.05) is 0 Å². The zero-order valence-corrected chi connectivity index (χ0v) is 10.1. The van der Waals surface area contributed by atoms with Gasteiger partial charge in [-0.15, -0.1) is 0 Å². The Morgan fingerprint density at radius 1 is 1.36 bits per heavy atom. The summed E-state index contributed by atoms with van der Waals surface area (Å²) in [5.74, 6) is 0.254. The van der Waals surface area contributed by atoms with Crippen molar-refractivity contribution in [1.82, 2.24) is 0 Å². The van der Waals surface area contributed by atoms with Gasteiger partial charge in [0, 0.05) is 5.41 Å². The summed E-state index contributed by atoms with van der Waals surface area (Å²) >= 11 is 0. The quantitative estimate of drug-likeness (QED) is 0.649. The fraction of sp³-hybridized carbons (Fsp3) is 0.917. The van der Waals surface area contributed by atoms with Gasteiger partial charge in [0.05, 0.1) is 0 Å². The van der Waals surface area contributed by atoms with Crippen LogP contribution in [0.5, 0.6) is 0 Å². The Balaban J connectivity index is 3.15. The molecule has 0 saturated heterocycles. The minimum Gasteiger partial charge on any atom is -0.381 e. The average Bonchev–Trinajstić information content (AvgIpc) is 2.12. The molecule has 1 saturated carbocycles. The third kappa shape index (κ3) is 1.31. The molecule has 2 atom stereocenters. The van der Waals surface area contributed by atoms with Gasteiger partial charge in [0.15, 0.2) is 5.78 Å². The number of Topliss-reactive ketones (excluding diaryl/α,β-unsaturated/α-hetero) is 1. The topological polar surface area (TPSA) is 37.3 Å². The van der Waals surface area contributed by atoms with Gasteiger partial charge in [0.1, 0.15) is 5.60 Å². The number of carbonyl (C=O) groups excluding carboxylic acids is 1. The third-order valence-corrected chi connectivity index (χ3v) is 4.04. The fourth-order valence-electron chi connectivity index (χ4n) is 2.19. The van der Waals surface area contributed by atoms with Gasteiger partial charge in [-0.2, -0.15) is 0 Å². The second-order valence-electron chi connectivity index (χ2n) is 6.27. The van der Waals surface area contributed by atoms with Gasteiger partial charge in [-0.25, -0.2) is 0 Å². The zero-order valence-electron chi connectivity index (χ0n) is 10.1. The lowest BCUT2D eigenvalue weighted by Gasteiger charge is -2.36. The van der Waals surface area contributed by atoms with Crippen LogP contribution in [0.25, 0.3) is 0 Å². The molecule has 2 heteroatoms. The van der Waals surface area contributed by atoms with Crippen molar-refractivity contribution in [3.63, 3.8) is 0 Å². The first-order valence-electron chi connectivity index (χ1n) is 5.31. The van der Waals surface area contributed by atoms with E-state index in [1.54, 1.807) is 0 Å². The minimum absolute atomic E-state index is 0.00463. The molecule has 0 bridgehead atoms. The van der Waals surface area contributed by atoms with Crippen molar-refractivity contribution in [3.8, 4) is 0 Å². The van der Waals surface area contributed by atoms with Crippen LogP contribution in [0.1, 0.15) is 48.0 Å². The Kier molecular flexibility index (Phi) is 2.35. The Morgan fingerprint density at radius 2 is 1.79 bits per heavy atom. The second kappa shape index (κ2) is 2.82. The number of hydrogen-bond donors (Lipinski definition) is 1. The summed E-state index contributed by atoms with van der Waals surface area (Å²) in [5, 5.41) is 10.5. The lowest BCUT2D eigenvalue weighted by molar-refractivity contribution is -0.150. The second-order valence-corrected chi connectivity index (χ2v) is 6.27. The molecule has 1 fully saturated rings. The maximum absolute atomic E-state index is 12.2. The van der Waals surface area contributed by atoms with Crippen molar-refractivity contribution in [1.29, 1.82) is 0 Å². The molecular weight excluding hydrogens is 176 g/mol. The number of hydrogen-bond acceptors (Lipinski definition) is 2. The minimum atomic E-state index is -1.14. The van der Waals surface area contributed by atoms with Crippen LogP contribution in [0.3, 0.4) is 0 Å². The van der Waals surface area contributed by atoms with E-state index in [1.165, 1.54) is 0 Å². The molecular formula is C12H22O2. The van der Waals surface area contributed by atoms with Crippen LogP contribution in [0.2, 0.25) is 0 Å². The molecule has 0 heterocycles. The van der Waals surface area contributed by atoms with Crippen LogP contribution in [0.15, 0.2) is 0 Å². The molecule has 14 heavy (non-hydrogen) atoms. The molecule has 0 aromatic rings. The molecule has 0 aromatic heterocycles. The van der Waals surface area contributed by atoms with E-state index in [4.69, 9.17) is 0 Å². The van der Waals surface area contributed by atoms with Crippen molar-refractivity contribution < 1.29 is 9.90 Å². The maximum atomic E-state index is 12.2. The molecule has 0 aromatic carbocycles. The van der Waals surface area contributed by atoms with Gasteiger partial charge >= 0.3 is 0 Å². The largest absolute Gasteiger partial charge is 0.381 e. The molecule has 1 rings (SSSR count). The summed E-state index contributed by atoms with van der Waals surface area (Å²) in [5.41, 5.74) is -1.90. The highest BCUT2D eigenvalue weighted by molar-refractivity contribution is 5.95. The molecule has 0 radical (unpaired) electrons. The first-order chi connectivity index (χ1) is 6.03. The van der Waals surface area contributed by atoms with E-state index in [0.29, 0.717) is 6.42 Å². The van der Waals surface area contributed by atoms with Gasteiger partial charge in [-0.05, 0) is 17.8 Å². The van der Waals surface area contributed by atoms with Gasteiger partial charge in [-0.3, -0.25) is 4.79 Å². The highest BCUT2D eigenvalue weighted by Gasteiger charge is 2.59. The van der Waals surface area contributed by atoms with Crippen molar-refractivity contribution >= 4 is 5.78 Å². The number of ketones is 1. The number of aliphatic hydroxyl groups is 1. The van der Waals surface area contributed by atoms with Crippen molar-refractivity contribution in [3.05, 3.63) is 0 Å². The first kappa shape index (κ1) is 11.7. The normalized spacial score (nSPS) is 37.6. The predicted molar refractivity (Wildman–Crippen MR) is 57.0 cm³/mol. The summed E-state index contributed by atoms with van der Waals surface area (Å²) in [4.78, 5) is 12.2. The van der Waals surface area contributed by atoms with E-state index < -0.39 is 5.60 Å². The summed E-state index contributed by atoms with van der Waals surface area (Å²) in [6, 6.07) is 0. The first-order valence-corrected chi connectivity index (χ1v) is 5.31. The molecule has 1 N–H and O–H groups in total. The van der Waals surface area contributed by atoms with Crippen LogP contribution in [-0.4, -0.2) is 16.5 Å². The molecule has 0 unspecified atom stereocenters. The van der Waals surface area contributed by atoms with Gasteiger partial charge < -0.3 is 5.11 Å². The lowest BCUT2D eigenvalue weighted by Crippen LogP contribution is -2.49. The van der Waals surface area contributed by atoms with Crippen LogP contribution < -0.4 is 0 Å². The van der Waals surface area contributed by atoms with Crippen molar-refractivity contribution in [2.24, 2.45) is 16.7 Å². The highest BCUT2D eigenvalue weighted by Crippen LogP contribution is 2.51. The van der Waals surface area contributed by atoms with E-state index in [-0.39, 0.29) is 22.5 Å².